The standard InChI is InChI=1S/C14H15Cl2N3O2S/c15-10-5-9(6-11(16)7-10)14-19-12(8-22-14)13(20)18-2-4-21-3-1-17/h5-8H,1-4,17H2,(H,18,20). The number of benzene rings is 1. The summed E-state index contributed by atoms with van der Waals surface area (Å²) in [7, 11) is 0. The van der Waals surface area contributed by atoms with Crippen molar-refractivity contribution in [3.63, 3.8) is 0 Å². The summed E-state index contributed by atoms with van der Waals surface area (Å²) >= 11 is 13.3. The van der Waals surface area contributed by atoms with Gasteiger partial charge in [-0.2, -0.15) is 0 Å². The molecule has 0 radical (unpaired) electrons. The molecule has 0 saturated heterocycles. The van der Waals surface area contributed by atoms with E-state index in [1.807, 2.05) is 0 Å². The van der Waals surface area contributed by atoms with Gasteiger partial charge in [0.05, 0.1) is 13.2 Å². The fourth-order valence-corrected chi connectivity index (χ4v) is 3.01. The first-order chi connectivity index (χ1) is 10.6. The number of ether oxygens (including phenoxy) is 1. The Morgan fingerprint density at radius 3 is 2.68 bits per heavy atom. The van der Waals surface area contributed by atoms with Gasteiger partial charge in [0.1, 0.15) is 10.7 Å². The Hall–Kier alpha value is -1.18. The highest BCUT2D eigenvalue weighted by atomic mass is 35.5. The minimum atomic E-state index is -0.244. The van der Waals surface area contributed by atoms with Crippen molar-refractivity contribution < 1.29 is 9.53 Å². The molecule has 3 N–H and O–H groups in total. The predicted molar refractivity (Wildman–Crippen MR) is 89.8 cm³/mol. The second-order valence-electron chi connectivity index (χ2n) is 4.35. The summed E-state index contributed by atoms with van der Waals surface area (Å²) in [5.74, 6) is -0.244. The van der Waals surface area contributed by atoms with Crippen LogP contribution in [-0.4, -0.2) is 37.2 Å². The summed E-state index contributed by atoms with van der Waals surface area (Å²) in [5.41, 5.74) is 6.44. The van der Waals surface area contributed by atoms with Crippen molar-refractivity contribution in [3.8, 4) is 10.6 Å². The van der Waals surface area contributed by atoms with E-state index in [0.29, 0.717) is 47.1 Å². The molecule has 0 bridgehead atoms. The lowest BCUT2D eigenvalue weighted by atomic mass is 10.2. The van der Waals surface area contributed by atoms with Crippen LogP contribution in [-0.2, 0) is 4.74 Å². The van der Waals surface area contributed by atoms with Crippen LogP contribution in [0.1, 0.15) is 10.5 Å². The Morgan fingerprint density at radius 2 is 2.00 bits per heavy atom. The van der Waals surface area contributed by atoms with Crippen molar-refractivity contribution >= 4 is 40.4 Å². The molecule has 0 saturated carbocycles. The van der Waals surface area contributed by atoms with E-state index in [0.717, 1.165) is 5.56 Å². The van der Waals surface area contributed by atoms with E-state index in [-0.39, 0.29) is 5.91 Å². The van der Waals surface area contributed by atoms with E-state index < -0.39 is 0 Å². The normalized spacial score (nSPS) is 10.7. The molecular formula is C14H15Cl2N3O2S. The Bertz CT molecular complexity index is 629. The predicted octanol–water partition coefficient (Wildman–Crippen LogP) is 2.82. The molecule has 0 atom stereocenters. The average Bonchev–Trinajstić information content (AvgIpc) is 2.96. The van der Waals surface area contributed by atoms with Crippen LogP contribution in [0, 0.1) is 0 Å². The highest BCUT2D eigenvalue weighted by molar-refractivity contribution is 7.13. The third-order valence-electron chi connectivity index (χ3n) is 2.64. The van der Waals surface area contributed by atoms with Crippen LogP contribution in [0.25, 0.3) is 10.6 Å². The molecule has 0 aliphatic heterocycles. The fourth-order valence-electron chi connectivity index (χ4n) is 1.70. The number of nitrogens with zero attached hydrogens (tertiary/aromatic N) is 1. The maximum atomic E-state index is 12.0. The van der Waals surface area contributed by atoms with Crippen LogP contribution in [0.3, 0.4) is 0 Å². The first-order valence-corrected chi connectivity index (χ1v) is 8.21. The highest BCUT2D eigenvalue weighted by Crippen LogP contribution is 2.29. The summed E-state index contributed by atoms with van der Waals surface area (Å²) in [4.78, 5) is 16.3. The zero-order chi connectivity index (χ0) is 15.9. The number of nitrogens with one attached hydrogen (secondary N) is 1. The van der Waals surface area contributed by atoms with Gasteiger partial charge in [-0.05, 0) is 18.2 Å². The molecule has 1 heterocycles. The molecule has 1 aromatic heterocycles. The second-order valence-corrected chi connectivity index (χ2v) is 6.08. The van der Waals surface area contributed by atoms with E-state index in [1.165, 1.54) is 11.3 Å². The first-order valence-electron chi connectivity index (χ1n) is 6.58. The van der Waals surface area contributed by atoms with E-state index in [1.54, 1.807) is 23.6 Å². The zero-order valence-electron chi connectivity index (χ0n) is 11.6. The summed E-state index contributed by atoms with van der Waals surface area (Å²) in [5, 5.41) is 6.17. The van der Waals surface area contributed by atoms with Gasteiger partial charge in [-0.25, -0.2) is 4.98 Å². The van der Waals surface area contributed by atoms with Crippen molar-refractivity contribution in [2.24, 2.45) is 5.73 Å². The number of thiazole rings is 1. The highest BCUT2D eigenvalue weighted by Gasteiger charge is 2.12. The largest absolute Gasteiger partial charge is 0.378 e. The van der Waals surface area contributed by atoms with Crippen LogP contribution in [0.4, 0.5) is 0 Å². The molecule has 2 rings (SSSR count). The number of nitrogens with two attached hydrogens (primary N) is 1. The number of aromatic nitrogens is 1. The minimum Gasteiger partial charge on any atom is -0.378 e. The summed E-state index contributed by atoms with van der Waals surface area (Å²) in [6.07, 6.45) is 0. The first kappa shape index (κ1) is 17.2. The monoisotopic (exact) mass is 359 g/mol. The molecule has 0 fully saturated rings. The van der Waals surface area contributed by atoms with Crippen LogP contribution in [0.2, 0.25) is 10.0 Å². The van der Waals surface area contributed by atoms with Crippen molar-refractivity contribution in [2.75, 3.05) is 26.3 Å². The van der Waals surface area contributed by atoms with Crippen LogP contribution >= 0.6 is 34.5 Å². The lowest BCUT2D eigenvalue weighted by Gasteiger charge is -2.03. The van der Waals surface area contributed by atoms with Gasteiger partial charge in [0, 0.05) is 34.1 Å². The van der Waals surface area contributed by atoms with Gasteiger partial charge >= 0.3 is 0 Å². The maximum absolute atomic E-state index is 12.0. The van der Waals surface area contributed by atoms with Gasteiger partial charge in [0.2, 0.25) is 0 Å². The molecule has 0 aliphatic carbocycles. The Kier molecular flexibility index (Phi) is 6.60. The maximum Gasteiger partial charge on any atom is 0.270 e. The SMILES string of the molecule is NCCOCCNC(=O)c1csc(-c2cc(Cl)cc(Cl)c2)n1. The van der Waals surface area contributed by atoms with Crippen molar-refractivity contribution in [2.45, 2.75) is 0 Å². The molecule has 0 unspecified atom stereocenters. The van der Waals surface area contributed by atoms with Crippen molar-refractivity contribution in [1.29, 1.82) is 0 Å². The minimum absolute atomic E-state index is 0.244. The van der Waals surface area contributed by atoms with Gasteiger partial charge in [-0.1, -0.05) is 23.2 Å². The number of hydrogen-bond acceptors (Lipinski definition) is 5. The number of carbonyl (C=O) groups excluding carboxylic acids is 1. The number of rotatable bonds is 7. The molecule has 1 aromatic carbocycles. The number of halogens is 2. The van der Waals surface area contributed by atoms with Gasteiger partial charge in [-0.3, -0.25) is 4.79 Å². The molecular weight excluding hydrogens is 345 g/mol. The molecule has 5 nitrogen and oxygen atoms in total. The number of carbonyl (C=O) groups is 1. The summed E-state index contributed by atoms with van der Waals surface area (Å²) in [6.45, 7) is 1.77. The molecule has 2 aromatic rings. The van der Waals surface area contributed by atoms with E-state index in [2.05, 4.69) is 10.3 Å². The van der Waals surface area contributed by atoms with E-state index in [4.69, 9.17) is 33.7 Å². The molecule has 118 valence electrons. The Labute approximate surface area is 142 Å². The third kappa shape index (κ3) is 4.93. The van der Waals surface area contributed by atoms with Crippen LogP contribution < -0.4 is 11.1 Å². The lowest BCUT2D eigenvalue weighted by Crippen LogP contribution is -2.28. The second kappa shape index (κ2) is 8.45. The molecule has 22 heavy (non-hydrogen) atoms. The van der Waals surface area contributed by atoms with Crippen molar-refractivity contribution in [1.82, 2.24) is 10.3 Å². The van der Waals surface area contributed by atoms with Crippen molar-refractivity contribution in [3.05, 3.63) is 39.3 Å². The third-order valence-corrected chi connectivity index (χ3v) is 3.97. The van der Waals surface area contributed by atoms with Gasteiger partial charge in [0.25, 0.3) is 5.91 Å². The lowest BCUT2D eigenvalue weighted by molar-refractivity contribution is 0.0916. The summed E-state index contributed by atoms with van der Waals surface area (Å²) in [6, 6.07) is 5.17. The molecule has 0 aliphatic rings. The van der Waals surface area contributed by atoms with Gasteiger partial charge in [0.15, 0.2) is 0 Å². The van der Waals surface area contributed by atoms with Gasteiger partial charge < -0.3 is 15.8 Å². The fraction of sp³-hybridized carbons (Fsp3) is 0.286. The van der Waals surface area contributed by atoms with Crippen LogP contribution in [0.15, 0.2) is 23.6 Å². The molecule has 8 heteroatoms. The quantitative estimate of drug-likeness (QED) is 0.745. The van der Waals surface area contributed by atoms with Crippen LogP contribution in [0.5, 0.6) is 0 Å². The number of amides is 1. The number of hydrogen-bond donors (Lipinski definition) is 2. The van der Waals surface area contributed by atoms with E-state index in [9.17, 15) is 4.79 Å². The average molecular weight is 360 g/mol. The summed E-state index contributed by atoms with van der Waals surface area (Å²) < 4.78 is 5.18. The Morgan fingerprint density at radius 1 is 1.27 bits per heavy atom. The Balaban J connectivity index is 1.97. The smallest absolute Gasteiger partial charge is 0.270 e. The van der Waals surface area contributed by atoms with E-state index >= 15 is 0 Å². The molecule has 0 spiro atoms. The topological polar surface area (TPSA) is 77.2 Å². The molecule has 1 amide bonds. The van der Waals surface area contributed by atoms with Gasteiger partial charge in [-0.15, -0.1) is 11.3 Å². The zero-order valence-corrected chi connectivity index (χ0v) is 14.0.